The first-order valence-corrected chi connectivity index (χ1v) is 7.90. The lowest BCUT2D eigenvalue weighted by atomic mass is 9.96. The summed E-state index contributed by atoms with van der Waals surface area (Å²) in [5.41, 5.74) is 0.553. The fourth-order valence-electron chi connectivity index (χ4n) is 2.27. The van der Waals surface area contributed by atoms with Gasteiger partial charge in [0.15, 0.2) is 5.92 Å². The zero-order valence-corrected chi connectivity index (χ0v) is 13.9. The fourth-order valence-corrected chi connectivity index (χ4v) is 2.27. The number of urea groups is 1. The van der Waals surface area contributed by atoms with Gasteiger partial charge in [-0.15, -0.1) is 0 Å². The molecule has 0 unspecified atom stereocenters. The third kappa shape index (κ3) is 4.62. The van der Waals surface area contributed by atoms with Crippen molar-refractivity contribution in [3.8, 4) is 0 Å². The molecule has 0 aliphatic carbocycles. The van der Waals surface area contributed by atoms with Crippen LogP contribution in [-0.4, -0.2) is 62.2 Å². The maximum Gasteiger partial charge on any atom is 0.330 e. The highest BCUT2D eigenvalue weighted by Gasteiger charge is 2.42. The van der Waals surface area contributed by atoms with Crippen LogP contribution in [0, 0.1) is 5.92 Å². The number of amides is 4. The summed E-state index contributed by atoms with van der Waals surface area (Å²) in [6, 6.07) is -0.618. The number of aliphatic imine (C=N–C) groups is 1. The summed E-state index contributed by atoms with van der Waals surface area (Å²) < 4.78 is 0. The van der Waals surface area contributed by atoms with Crippen molar-refractivity contribution in [3.63, 3.8) is 0 Å². The SMILES string of the molecule is CCCCN1C(=O)NC(=O)[C@H](C(CC)=NCC[NH+](C)C)C1=O. The summed E-state index contributed by atoms with van der Waals surface area (Å²) in [7, 11) is 4.04. The minimum atomic E-state index is -0.961. The summed E-state index contributed by atoms with van der Waals surface area (Å²) in [6.07, 6.45) is 2.11. The van der Waals surface area contributed by atoms with Gasteiger partial charge in [0.25, 0.3) is 0 Å². The Labute approximate surface area is 131 Å². The fraction of sp³-hybridized carbons (Fsp3) is 0.733. The predicted molar refractivity (Wildman–Crippen MR) is 83.9 cm³/mol. The molecule has 1 aliphatic rings. The molecule has 0 bridgehead atoms. The molecule has 0 aromatic carbocycles. The molecule has 4 amide bonds. The zero-order valence-electron chi connectivity index (χ0n) is 13.9. The van der Waals surface area contributed by atoms with E-state index in [2.05, 4.69) is 10.3 Å². The monoisotopic (exact) mass is 311 g/mol. The minimum Gasteiger partial charge on any atom is -0.338 e. The Morgan fingerprint density at radius 1 is 1.27 bits per heavy atom. The van der Waals surface area contributed by atoms with Crippen molar-refractivity contribution in [3.05, 3.63) is 0 Å². The molecule has 0 spiro atoms. The maximum atomic E-state index is 12.5. The third-order valence-corrected chi connectivity index (χ3v) is 3.61. The lowest BCUT2D eigenvalue weighted by Gasteiger charge is -2.30. The standard InChI is InChI=1S/C15H26N4O3/c1-5-7-9-19-14(21)12(13(20)17-15(19)22)11(6-2)16-8-10-18(3)4/h12H,5-10H2,1-4H3,(H,17,20,22)/p+1/t12-/m0/s1. The highest BCUT2D eigenvalue weighted by molar-refractivity contribution is 6.27. The maximum absolute atomic E-state index is 12.5. The molecule has 0 saturated carbocycles. The lowest BCUT2D eigenvalue weighted by Crippen LogP contribution is -3.06. The van der Waals surface area contributed by atoms with Crippen LogP contribution in [0.4, 0.5) is 4.79 Å². The number of hydrogen-bond acceptors (Lipinski definition) is 4. The quantitative estimate of drug-likeness (QED) is 0.467. The normalized spacial score (nSPS) is 19.9. The van der Waals surface area contributed by atoms with E-state index in [1.54, 1.807) is 0 Å². The van der Waals surface area contributed by atoms with E-state index >= 15 is 0 Å². The highest BCUT2D eigenvalue weighted by atomic mass is 16.2. The molecule has 0 radical (unpaired) electrons. The molecule has 1 rings (SSSR count). The third-order valence-electron chi connectivity index (χ3n) is 3.61. The predicted octanol–water partition coefficient (Wildman–Crippen LogP) is -0.523. The topological polar surface area (TPSA) is 83.3 Å². The first-order chi connectivity index (χ1) is 10.4. The van der Waals surface area contributed by atoms with Crippen molar-refractivity contribution in [2.75, 3.05) is 33.7 Å². The zero-order chi connectivity index (χ0) is 16.7. The van der Waals surface area contributed by atoms with Crippen LogP contribution in [0.5, 0.6) is 0 Å². The van der Waals surface area contributed by atoms with Gasteiger partial charge in [0.05, 0.1) is 27.2 Å². The number of rotatable bonds is 8. The summed E-state index contributed by atoms with van der Waals surface area (Å²) in [4.78, 5) is 43.2. The number of likely N-dealkylation sites (N-methyl/N-ethyl adjacent to an activating group) is 1. The van der Waals surface area contributed by atoms with Crippen LogP contribution < -0.4 is 10.2 Å². The van der Waals surface area contributed by atoms with Crippen LogP contribution in [0.15, 0.2) is 4.99 Å². The summed E-state index contributed by atoms with van der Waals surface area (Å²) >= 11 is 0. The highest BCUT2D eigenvalue weighted by Crippen LogP contribution is 2.15. The molecule has 22 heavy (non-hydrogen) atoms. The number of carbonyl (C=O) groups excluding carboxylic acids is 3. The first kappa shape index (κ1) is 18.3. The summed E-state index contributed by atoms with van der Waals surface area (Å²) in [5.74, 6) is -1.96. The molecule has 1 heterocycles. The second-order valence-corrected chi connectivity index (χ2v) is 5.75. The van der Waals surface area contributed by atoms with Crippen LogP contribution in [-0.2, 0) is 9.59 Å². The van der Waals surface area contributed by atoms with Gasteiger partial charge in [0.2, 0.25) is 11.8 Å². The Morgan fingerprint density at radius 2 is 1.95 bits per heavy atom. The van der Waals surface area contributed by atoms with Crippen molar-refractivity contribution < 1.29 is 19.3 Å². The van der Waals surface area contributed by atoms with Gasteiger partial charge in [-0.2, -0.15) is 0 Å². The molecule has 7 nitrogen and oxygen atoms in total. The summed E-state index contributed by atoms with van der Waals surface area (Å²) in [5, 5.41) is 2.27. The molecule has 0 aromatic heterocycles. The number of carbonyl (C=O) groups is 3. The Morgan fingerprint density at radius 3 is 2.50 bits per heavy atom. The number of hydrogen-bond donors (Lipinski definition) is 2. The number of quaternary nitrogens is 1. The van der Waals surface area contributed by atoms with E-state index in [9.17, 15) is 14.4 Å². The van der Waals surface area contributed by atoms with Crippen LogP contribution >= 0.6 is 0 Å². The van der Waals surface area contributed by atoms with Gasteiger partial charge in [-0.3, -0.25) is 24.8 Å². The Kier molecular flexibility index (Phi) is 7.17. The van der Waals surface area contributed by atoms with Gasteiger partial charge < -0.3 is 4.90 Å². The van der Waals surface area contributed by atoms with Crippen LogP contribution in [0.3, 0.4) is 0 Å². The van der Waals surface area contributed by atoms with Crippen molar-refractivity contribution in [1.29, 1.82) is 0 Å². The largest absolute Gasteiger partial charge is 0.338 e. The smallest absolute Gasteiger partial charge is 0.330 e. The van der Waals surface area contributed by atoms with Crippen molar-refractivity contribution in [1.82, 2.24) is 10.2 Å². The first-order valence-electron chi connectivity index (χ1n) is 7.90. The molecule has 0 aromatic rings. The Hall–Kier alpha value is -1.76. The van der Waals surface area contributed by atoms with Crippen LogP contribution in [0.1, 0.15) is 33.1 Å². The second-order valence-electron chi connectivity index (χ2n) is 5.75. The Bertz CT molecular complexity index is 460. The number of imide groups is 2. The van der Waals surface area contributed by atoms with Gasteiger partial charge in [-0.05, 0) is 12.8 Å². The molecule has 1 atom stereocenters. The lowest BCUT2D eigenvalue weighted by molar-refractivity contribution is -0.856. The van der Waals surface area contributed by atoms with Gasteiger partial charge >= 0.3 is 6.03 Å². The summed E-state index contributed by atoms with van der Waals surface area (Å²) in [6.45, 7) is 5.58. The molecule has 2 N–H and O–H groups in total. The molecule has 1 saturated heterocycles. The van der Waals surface area contributed by atoms with Crippen molar-refractivity contribution in [2.24, 2.45) is 10.9 Å². The van der Waals surface area contributed by atoms with E-state index in [1.807, 2.05) is 27.9 Å². The van der Waals surface area contributed by atoms with E-state index in [-0.39, 0.29) is 0 Å². The van der Waals surface area contributed by atoms with E-state index in [1.165, 1.54) is 4.90 Å². The molecule has 7 heteroatoms. The van der Waals surface area contributed by atoms with Gasteiger partial charge in [0, 0.05) is 12.3 Å². The average molecular weight is 311 g/mol. The van der Waals surface area contributed by atoms with Crippen LogP contribution in [0.25, 0.3) is 0 Å². The minimum absolute atomic E-state index is 0.337. The Balaban J connectivity index is 2.90. The number of barbiturate groups is 1. The van der Waals surface area contributed by atoms with Gasteiger partial charge in [-0.25, -0.2) is 4.79 Å². The van der Waals surface area contributed by atoms with Crippen molar-refractivity contribution >= 4 is 23.6 Å². The van der Waals surface area contributed by atoms with E-state index in [0.717, 1.165) is 24.3 Å². The number of nitrogens with zero attached hydrogens (tertiary/aromatic N) is 2. The van der Waals surface area contributed by atoms with Gasteiger partial charge in [-0.1, -0.05) is 20.3 Å². The van der Waals surface area contributed by atoms with E-state index in [0.29, 0.717) is 25.2 Å². The molecular weight excluding hydrogens is 284 g/mol. The number of unbranched alkanes of at least 4 members (excludes halogenated alkanes) is 1. The van der Waals surface area contributed by atoms with E-state index in [4.69, 9.17) is 0 Å². The molecule has 1 fully saturated rings. The molecule has 124 valence electrons. The molecular formula is C15H27N4O3+. The van der Waals surface area contributed by atoms with Crippen LogP contribution in [0.2, 0.25) is 0 Å². The van der Waals surface area contributed by atoms with E-state index < -0.39 is 23.8 Å². The second kappa shape index (κ2) is 8.63. The average Bonchev–Trinajstić information content (AvgIpc) is 2.44. The van der Waals surface area contributed by atoms with Crippen molar-refractivity contribution in [2.45, 2.75) is 33.1 Å². The molecule has 1 aliphatic heterocycles. The number of nitrogens with one attached hydrogen (secondary N) is 2. The van der Waals surface area contributed by atoms with Gasteiger partial charge in [0.1, 0.15) is 0 Å².